The first kappa shape index (κ1) is 52.7. The molecule has 392 valence electrons. The molecule has 13 rings (SSSR count). The van der Waals surface area contributed by atoms with E-state index in [0.717, 1.165) is 48.7 Å². The number of anilines is 4. The maximum Gasteiger partial charge on any atom is 0.0497 e. The number of para-hydroxylation sites is 4. The van der Waals surface area contributed by atoms with Gasteiger partial charge in [-0.05, 0) is 162 Å². The minimum atomic E-state index is 0.963. The van der Waals surface area contributed by atoms with Gasteiger partial charge in [-0.3, -0.25) is 0 Å². The molecular weight excluding hydrogens is 1050 g/mol. The van der Waals surface area contributed by atoms with Gasteiger partial charge in [0.15, 0.2) is 0 Å². The fourth-order valence-electron chi connectivity index (χ4n) is 11.0. The van der Waals surface area contributed by atoms with Gasteiger partial charge in [0.1, 0.15) is 0 Å². The van der Waals surface area contributed by atoms with Crippen molar-refractivity contribution in [2.24, 2.45) is 0 Å². The lowest BCUT2D eigenvalue weighted by Gasteiger charge is -2.28. The molecule has 0 atom stereocenters. The lowest BCUT2D eigenvalue weighted by molar-refractivity contribution is 0.827. The first-order valence-corrected chi connectivity index (χ1v) is 30.8. The smallest absolute Gasteiger partial charge is 0.0497 e. The van der Waals surface area contributed by atoms with Crippen molar-refractivity contribution in [3.63, 3.8) is 0 Å². The number of allylic oxidation sites excluding steroid dienone is 6. The van der Waals surface area contributed by atoms with Crippen molar-refractivity contribution in [3.05, 3.63) is 299 Å². The maximum absolute atomic E-state index is 4.05. The molecule has 8 heteroatoms. The van der Waals surface area contributed by atoms with Gasteiger partial charge < -0.3 is 18.9 Å². The Balaban J connectivity index is 0.000000162. The highest BCUT2D eigenvalue weighted by molar-refractivity contribution is 8.20. The Bertz CT molecular complexity index is 4030. The first-order chi connectivity index (χ1) is 39.5. The molecule has 2 aliphatic heterocycles. The third-order valence-electron chi connectivity index (χ3n) is 14.7. The standard InChI is InChI=1S/C40H34N2S2.C32H26N2S2/c1-3-14-33(4-2)41(34-15-8-5-9-16-34)37-25-21-31(22-26-37)39-29-43-30-40(44-39)32-23-27-38(28-24-32)42(35-17-10-6-11-18-35)36-19-12-7-13-20-36;1-3-33-27-11-7-5-9-23(27)25-15-13-21(17-29(25)33)31-19-35-20-32(36-31)22-14-16-26-24-10-6-8-12-28(24)34(4-2)30(26)18-22/h3-6,8-12,14-30H,1-2,7,13H2;5-20H,3-4H2,1-2H3/b33-14+;. The molecular formula is C72H60N4S4. The van der Waals surface area contributed by atoms with E-state index >= 15 is 0 Å². The van der Waals surface area contributed by atoms with Crippen LogP contribution < -0.4 is 9.80 Å². The Morgan fingerprint density at radius 2 is 0.887 bits per heavy atom. The highest BCUT2D eigenvalue weighted by Gasteiger charge is 2.21. The number of rotatable bonds is 14. The summed E-state index contributed by atoms with van der Waals surface area (Å²) in [5.41, 5.74) is 16.9. The van der Waals surface area contributed by atoms with Gasteiger partial charge in [-0.15, -0.1) is 23.5 Å². The Labute approximate surface area is 487 Å². The lowest BCUT2D eigenvalue weighted by Crippen LogP contribution is -2.16. The fraction of sp³-hybridized carbons (Fsp3) is 0.0833. The molecule has 2 aromatic heterocycles. The van der Waals surface area contributed by atoms with E-state index in [2.05, 4.69) is 274 Å². The molecule has 0 spiro atoms. The van der Waals surface area contributed by atoms with Crippen LogP contribution >= 0.6 is 47.0 Å². The zero-order chi connectivity index (χ0) is 54.4. The molecule has 0 fully saturated rings. The van der Waals surface area contributed by atoms with E-state index in [-0.39, 0.29) is 0 Å². The minimum Gasteiger partial charge on any atom is -0.341 e. The molecule has 1 aliphatic carbocycles. The van der Waals surface area contributed by atoms with Gasteiger partial charge in [-0.25, -0.2) is 0 Å². The van der Waals surface area contributed by atoms with E-state index < -0.39 is 0 Å². The number of nitrogens with zero attached hydrogens (tertiary/aromatic N) is 4. The Hall–Kier alpha value is -7.98. The molecule has 0 saturated heterocycles. The number of benzene rings is 8. The van der Waals surface area contributed by atoms with Crippen molar-refractivity contribution in [3.8, 4) is 0 Å². The molecule has 10 aromatic rings. The summed E-state index contributed by atoms with van der Waals surface area (Å²) in [5, 5.41) is 14.4. The maximum atomic E-state index is 4.05. The minimum absolute atomic E-state index is 0.963. The van der Waals surface area contributed by atoms with Gasteiger partial charge in [0.2, 0.25) is 0 Å². The second kappa shape index (κ2) is 24.2. The van der Waals surface area contributed by atoms with Gasteiger partial charge in [0, 0.05) is 110 Å². The quantitative estimate of drug-likeness (QED) is 0.100. The van der Waals surface area contributed by atoms with Gasteiger partial charge in [-0.1, -0.05) is 176 Å². The van der Waals surface area contributed by atoms with Crippen molar-refractivity contribution in [2.45, 2.75) is 39.8 Å². The monoisotopic (exact) mass is 1110 g/mol. The van der Waals surface area contributed by atoms with E-state index in [0.29, 0.717) is 0 Å². The lowest BCUT2D eigenvalue weighted by atomic mass is 10.1. The SMILES string of the molecule is C=C/C=C(\C=C)N(c1ccccc1)c1ccc(C2=CSC=C(c3ccc(N(C4=CCCC=C4)c4ccccc4)cc3)S2)cc1.CCn1c2ccccc2c2ccc(C3=CSC=C(c4ccc5c6ccccc6n(CC)c5c4)S3)cc21. The summed E-state index contributed by atoms with van der Waals surface area (Å²) in [5.74, 6) is 0. The van der Waals surface area contributed by atoms with Crippen LogP contribution in [0.2, 0.25) is 0 Å². The summed E-state index contributed by atoms with van der Waals surface area (Å²) in [7, 11) is 0. The normalized spacial score (nSPS) is 14.4. The van der Waals surface area contributed by atoms with E-state index in [1.807, 2.05) is 41.7 Å². The molecule has 0 unspecified atom stereocenters. The average molecular weight is 1110 g/mol. The molecule has 0 bridgehead atoms. The van der Waals surface area contributed by atoms with Crippen LogP contribution in [0.3, 0.4) is 0 Å². The number of thioether (sulfide) groups is 4. The second-order valence-corrected chi connectivity index (χ2v) is 23.1. The number of hydrogen-bond donors (Lipinski definition) is 0. The Kier molecular flexibility index (Phi) is 15.9. The summed E-state index contributed by atoms with van der Waals surface area (Å²) in [6.45, 7) is 14.3. The molecule has 4 heterocycles. The summed E-state index contributed by atoms with van der Waals surface area (Å²) < 4.78 is 4.87. The zero-order valence-corrected chi connectivity index (χ0v) is 48.2. The van der Waals surface area contributed by atoms with Crippen molar-refractivity contribution < 1.29 is 0 Å². The van der Waals surface area contributed by atoms with Crippen molar-refractivity contribution in [1.82, 2.24) is 9.13 Å². The number of fused-ring (bicyclic) bond motifs is 6. The van der Waals surface area contributed by atoms with Gasteiger partial charge in [-0.2, -0.15) is 0 Å². The van der Waals surface area contributed by atoms with E-state index in [1.54, 1.807) is 29.6 Å². The van der Waals surface area contributed by atoms with Crippen molar-refractivity contribution >= 4 is 133 Å². The summed E-state index contributed by atoms with van der Waals surface area (Å²) in [6.07, 6.45) is 14.6. The topological polar surface area (TPSA) is 16.3 Å². The summed E-state index contributed by atoms with van der Waals surface area (Å²) in [4.78, 5) is 9.64. The molecule has 8 aromatic carbocycles. The van der Waals surface area contributed by atoms with Gasteiger partial charge in [0.25, 0.3) is 0 Å². The largest absolute Gasteiger partial charge is 0.341 e. The van der Waals surface area contributed by atoms with E-state index in [1.165, 1.54) is 96.9 Å². The molecule has 3 aliphatic rings. The number of aromatic nitrogens is 2. The predicted molar refractivity (Wildman–Crippen MR) is 357 cm³/mol. The Morgan fingerprint density at radius 3 is 1.36 bits per heavy atom. The van der Waals surface area contributed by atoms with Gasteiger partial charge in [0.05, 0.1) is 0 Å². The van der Waals surface area contributed by atoms with Crippen LogP contribution in [0.25, 0.3) is 63.2 Å². The van der Waals surface area contributed by atoms with Crippen LogP contribution in [0, 0.1) is 0 Å². The summed E-state index contributed by atoms with van der Waals surface area (Å²) in [6, 6.07) is 70.1. The molecule has 0 radical (unpaired) electrons. The van der Waals surface area contributed by atoms with Gasteiger partial charge >= 0.3 is 0 Å². The average Bonchev–Trinajstić information content (AvgIpc) is 4.04. The van der Waals surface area contributed by atoms with Crippen LogP contribution in [-0.2, 0) is 13.1 Å². The van der Waals surface area contributed by atoms with Crippen LogP contribution in [0.15, 0.2) is 277 Å². The number of hydrogen-bond acceptors (Lipinski definition) is 6. The van der Waals surface area contributed by atoms with Crippen LogP contribution in [0.5, 0.6) is 0 Å². The number of aryl methyl sites for hydroxylation is 2. The molecule has 80 heavy (non-hydrogen) atoms. The van der Waals surface area contributed by atoms with Crippen molar-refractivity contribution in [1.29, 1.82) is 0 Å². The molecule has 0 N–H and O–H groups in total. The second-order valence-electron chi connectivity index (χ2n) is 19.5. The third kappa shape index (κ3) is 10.6. The highest BCUT2D eigenvalue weighted by atomic mass is 32.2. The molecule has 4 nitrogen and oxygen atoms in total. The van der Waals surface area contributed by atoms with E-state index in [9.17, 15) is 0 Å². The summed E-state index contributed by atoms with van der Waals surface area (Å²) >= 11 is 7.21. The predicted octanol–water partition coefficient (Wildman–Crippen LogP) is 21.9. The third-order valence-corrected chi connectivity index (χ3v) is 19.1. The molecule has 0 amide bonds. The highest BCUT2D eigenvalue weighted by Crippen LogP contribution is 2.49. The van der Waals surface area contributed by atoms with E-state index in [4.69, 9.17) is 0 Å². The first-order valence-electron chi connectivity index (χ1n) is 27.2. The molecule has 0 saturated carbocycles. The van der Waals surface area contributed by atoms with Crippen molar-refractivity contribution in [2.75, 3.05) is 9.80 Å². The Morgan fingerprint density at radius 1 is 0.463 bits per heavy atom. The van der Waals surface area contributed by atoms with Crippen LogP contribution in [0.4, 0.5) is 22.7 Å². The van der Waals surface area contributed by atoms with Crippen LogP contribution in [-0.4, -0.2) is 9.13 Å². The fourth-order valence-corrected chi connectivity index (χ4v) is 15.0. The van der Waals surface area contributed by atoms with Crippen LogP contribution in [0.1, 0.15) is 48.9 Å². The zero-order valence-electron chi connectivity index (χ0n) is 44.9.